The number of aryl methyl sites for hydroxylation is 2. The van der Waals surface area contributed by atoms with Crippen molar-refractivity contribution in [2.24, 2.45) is 0 Å². The SMILES string of the molecule is CC1(C)CC(NCCn2c(N)nc(CCc3cccc(-c4ccco4)c3)cc2=O)CC(C)(C)N1O. The van der Waals surface area contributed by atoms with Crippen molar-refractivity contribution in [3.05, 3.63) is 70.3 Å². The van der Waals surface area contributed by atoms with Crippen molar-refractivity contribution >= 4 is 5.95 Å². The van der Waals surface area contributed by atoms with Gasteiger partial charge in [-0.25, -0.2) is 4.98 Å². The molecule has 1 aliphatic rings. The van der Waals surface area contributed by atoms with Crippen LogP contribution in [0.2, 0.25) is 0 Å². The van der Waals surface area contributed by atoms with Gasteiger partial charge in [-0.3, -0.25) is 9.36 Å². The summed E-state index contributed by atoms with van der Waals surface area (Å²) in [5, 5.41) is 15.5. The van der Waals surface area contributed by atoms with Gasteiger partial charge in [0.25, 0.3) is 5.56 Å². The summed E-state index contributed by atoms with van der Waals surface area (Å²) in [7, 11) is 0. The van der Waals surface area contributed by atoms with Gasteiger partial charge in [0.2, 0.25) is 5.95 Å². The van der Waals surface area contributed by atoms with Crippen LogP contribution in [-0.4, -0.2) is 43.5 Å². The monoisotopic (exact) mass is 479 g/mol. The minimum absolute atomic E-state index is 0.135. The van der Waals surface area contributed by atoms with Gasteiger partial charge in [-0.05, 0) is 77.1 Å². The highest BCUT2D eigenvalue weighted by atomic mass is 16.5. The van der Waals surface area contributed by atoms with Crippen LogP contribution in [0.1, 0.15) is 51.8 Å². The van der Waals surface area contributed by atoms with Gasteiger partial charge in [0.05, 0.1) is 12.0 Å². The Labute approximate surface area is 206 Å². The number of piperidine rings is 1. The molecule has 0 radical (unpaired) electrons. The highest BCUT2D eigenvalue weighted by molar-refractivity contribution is 5.58. The molecule has 0 aliphatic carbocycles. The molecule has 8 nitrogen and oxygen atoms in total. The lowest BCUT2D eigenvalue weighted by molar-refractivity contribution is -0.246. The van der Waals surface area contributed by atoms with Crippen LogP contribution < -0.4 is 16.6 Å². The molecule has 1 aliphatic heterocycles. The van der Waals surface area contributed by atoms with Gasteiger partial charge in [-0.1, -0.05) is 18.2 Å². The topological polar surface area (TPSA) is 110 Å². The fourth-order valence-electron chi connectivity index (χ4n) is 5.32. The number of benzene rings is 1. The molecule has 0 bridgehead atoms. The first kappa shape index (κ1) is 25.2. The number of nitrogens with two attached hydrogens (primary N) is 1. The van der Waals surface area contributed by atoms with Crippen LogP contribution in [0.5, 0.6) is 0 Å². The third kappa shape index (κ3) is 5.83. The van der Waals surface area contributed by atoms with E-state index < -0.39 is 0 Å². The molecule has 0 unspecified atom stereocenters. The highest BCUT2D eigenvalue weighted by Gasteiger charge is 2.44. The molecule has 0 spiro atoms. The second kappa shape index (κ2) is 9.97. The molecule has 4 rings (SSSR count). The molecule has 1 saturated heterocycles. The predicted molar refractivity (Wildman–Crippen MR) is 137 cm³/mol. The van der Waals surface area contributed by atoms with E-state index in [4.69, 9.17) is 10.2 Å². The van der Waals surface area contributed by atoms with E-state index >= 15 is 0 Å². The summed E-state index contributed by atoms with van der Waals surface area (Å²) >= 11 is 0. The smallest absolute Gasteiger partial charge is 0.255 e. The largest absolute Gasteiger partial charge is 0.464 e. The summed E-state index contributed by atoms with van der Waals surface area (Å²) < 4.78 is 7.01. The fourth-order valence-corrected chi connectivity index (χ4v) is 5.32. The number of rotatable bonds is 8. The van der Waals surface area contributed by atoms with E-state index in [-0.39, 0.29) is 28.6 Å². The van der Waals surface area contributed by atoms with Crippen molar-refractivity contribution in [1.29, 1.82) is 0 Å². The van der Waals surface area contributed by atoms with Crippen LogP contribution in [0.4, 0.5) is 5.95 Å². The van der Waals surface area contributed by atoms with Crippen LogP contribution in [0.25, 0.3) is 11.3 Å². The standard InChI is InChI=1S/C27H37N5O3/c1-26(2)17-22(18-27(3,4)32(26)34)29-12-13-31-24(33)16-21(30-25(31)28)11-10-19-7-5-8-20(15-19)23-9-6-14-35-23/h5-9,14-16,22,29,34H,10-13,17-18H2,1-4H3,(H2,28,30). The highest BCUT2D eigenvalue weighted by Crippen LogP contribution is 2.36. The molecule has 0 atom stereocenters. The summed E-state index contributed by atoms with van der Waals surface area (Å²) in [5.74, 6) is 1.07. The molecule has 2 aromatic heterocycles. The molecule has 0 amide bonds. The molecule has 1 aromatic carbocycles. The lowest BCUT2D eigenvalue weighted by Gasteiger charge is -2.51. The molecular formula is C27H37N5O3. The first-order valence-corrected chi connectivity index (χ1v) is 12.3. The second-order valence-corrected chi connectivity index (χ2v) is 10.8. The van der Waals surface area contributed by atoms with Gasteiger partial charge < -0.3 is 20.7 Å². The average molecular weight is 480 g/mol. The van der Waals surface area contributed by atoms with Crippen molar-refractivity contribution in [3.63, 3.8) is 0 Å². The summed E-state index contributed by atoms with van der Waals surface area (Å²) in [6, 6.07) is 13.8. The summed E-state index contributed by atoms with van der Waals surface area (Å²) in [4.78, 5) is 17.3. The normalized spacial score (nSPS) is 18.1. The third-order valence-electron chi connectivity index (χ3n) is 6.90. The Kier molecular flexibility index (Phi) is 7.17. The number of hydrogen-bond donors (Lipinski definition) is 3. The molecule has 3 heterocycles. The molecule has 35 heavy (non-hydrogen) atoms. The van der Waals surface area contributed by atoms with Gasteiger partial charge >= 0.3 is 0 Å². The Morgan fingerprint density at radius 1 is 1.11 bits per heavy atom. The van der Waals surface area contributed by atoms with Crippen LogP contribution in [-0.2, 0) is 19.4 Å². The summed E-state index contributed by atoms with van der Waals surface area (Å²) in [5.41, 5.74) is 8.26. The number of nitrogens with zero attached hydrogens (tertiary/aromatic N) is 3. The van der Waals surface area contributed by atoms with Gasteiger partial charge in [-0.15, -0.1) is 0 Å². The third-order valence-corrected chi connectivity index (χ3v) is 6.90. The maximum atomic E-state index is 12.8. The van der Waals surface area contributed by atoms with E-state index in [9.17, 15) is 10.0 Å². The Morgan fingerprint density at radius 2 is 1.86 bits per heavy atom. The minimum Gasteiger partial charge on any atom is -0.464 e. The van der Waals surface area contributed by atoms with Crippen LogP contribution >= 0.6 is 0 Å². The quantitative estimate of drug-likeness (QED) is 0.450. The van der Waals surface area contributed by atoms with E-state index in [1.807, 2.05) is 52.0 Å². The molecular weight excluding hydrogens is 442 g/mol. The fraction of sp³-hybridized carbons (Fsp3) is 0.481. The zero-order valence-corrected chi connectivity index (χ0v) is 21.1. The number of furan rings is 1. The lowest BCUT2D eigenvalue weighted by Crippen LogP contribution is -2.62. The maximum absolute atomic E-state index is 12.8. The minimum atomic E-state index is -0.323. The summed E-state index contributed by atoms with van der Waals surface area (Å²) in [6.07, 6.45) is 4.68. The lowest BCUT2D eigenvalue weighted by atomic mass is 9.79. The van der Waals surface area contributed by atoms with Crippen molar-refractivity contribution < 1.29 is 9.62 Å². The average Bonchev–Trinajstić information content (AvgIpc) is 3.33. The van der Waals surface area contributed by atoms with E-state index in [2.05, 4.69) is 22.4 Å². The molecule has 0 saturated carbocycles. The summed E-state index contributed by atoms with van der Waals surface area (Å²) in [6.45, 7) is 9.22. The predicted octanol–water partition coefficient (Wildman–Crippen LogP) is 3.87. The van der Waals surface area contributed by atoms with Gasteiger partial charge in [-0.2, -0.15) is 5.06 Å². The first-order chi connectivity index (χ1) is 16.5. The number of nitrogen functional groups attached to an aromatic ring is 1. The van der Waals surface area contributed by atoms with Crippen molar-refractivity contribution in [2.45, 2.75) is 77.0 Å². The maximum Gasteiger partial charge on any atom is 0.255 e. The van der Waals surface area contributed by atoms with Crippen molar-refractivity contribution in [2.75, 3.05) is 12.3 Å². The van der Waals surface area contributed by atoms with Crippen LogP contribution in [0.3, 0.4) is 0 Å². The van der Waals surface area contributed by atoms with Gasteiger partial charge in [0.1, 0.15) is 5.76 Å². The number of nitrogens with one attached hydrogen (secondary N) is 1. The number of anilines is 1. The zero-order valence-electron chi connectivity index (χ0n) is 21.1. The van der Waals surface area contributed by atoms with Crippen LogP contribution in [0, 0.1) is 0 Å². The second-order valence-electron chi connectivity index (χ2n) is 10.8. The van der Waals surface area contributed by atoms with E-state index in [1.165, 1.54) is 9.63 Å². The zero-order chi connectivity index (χ0) is 25.2. The number of hydrogen-bond acceptors (Lipinski definition) is 7. The first-order valence-electron chi connectivity index (χ1n) is 12.3. The molecule has 188 valence electrons. The van der Waals surface area contributed by atoms with Crippen molar-refractivity contribution in [3.8, 4) is 11.3 Å². The Morgan fingerprint density at radius 3 is 2.51 bits per heavy atom. The Bertz CT molecular complexity index is 1180. The molecule has 8 heteroatoms. The van der Waals surface area contributed by atoms with E-state index in [0.717, 1.165) is 36.1 Å². The number of aromatic nitrogens is 2. The Balaban J connectivity index is 1.34. The molecule has 4 N–H and O–H groups in total. The number of hydroxylamine groups is 2. The van der Waals surface area contributed by atoms with Crippen molar-refractivity contribution in [1.82, 2.24) is 19.9 Å². The van der Waals surface area contributed by atoms with E-state index in [1.54, 1.807) is 12.3 Å². The van der Waals surface area contributed by atoms with Gasteiger partial charge in [0.15, 0.2) is 0 Å². The van der Waals surface area contributed by atoms with Gasteiger partial charge in [0, 0.05) is 41.8 Å². The molecule has 1 fully saturated rings. The molecule has 3 aromatic rings. The van der Waals surface area contributed by atoms with E-state index in [0.29, 0.717) is 25.2 Å². The Hall–Kier alpha value is -2.94. The van der Waals surface area contributed by atoms with Crippen LogP contribution in [0.15, 0.2) is 57.9 Å².